The third kappa shape index (κ3) is 3.31. The summed E-state index contributed by atoms with van der Waals surface area (Å²) in [5.74, 6) is -1.24. The Kier molecular flexibility index (Phi) is 3.85. The fourth-order valence-corrected chi connectivity index (χ4v) is 1.87. The van der Waals surface area contributed by atoms with Crippen LogP contribution >= 0.6 is 0 Å². The number of aliphatic carboxylic acids is 1. The Morgan fingerprint density at radius 3 is 2.81 bits per heavy atom. The summed E-state index contributed by atoms with van der Waals surface area (Å²) >= 11 is 0. The van der Waals surface area contributed by atoms with Crippen molar-refractivity contribution in [3.63, 3.8) is 0 Å². The van der Waals surface area contributed by atoms with Crippen molar-refractivity contribution in [2.24, 2.45) is 0 Å². The summed E-state index contributed by atoms with van der Waals surface area (Å²) in [7, 11) is 0. The van der Waals surface area contributed by atoms with Gasteiger partial charge < -0.3 is 15.5 Å². The van der Waals surface area contributed by atoms with Gasteiger partial charge in [-0.05, 0) is 13.8 Å². The summed E-state index contributed by atoms with van der Waals surface area (Å²) in [6.07, 6.45) is 2.22. The predicted octanol–water partition coefficient (Wildman–Crippen LogP) is -0.612. The first-order chi connectivity index (χ1) is 9.80. The number of carboxylic acid groups (broad SMARTS) is 1. The molecule has 0 aromatic carbocycles. The molecule has 2 aromatic heterocycles. The highest BCUT2D eigenvalue weighted by Crippen LogP contribution is 2.10. The maximum atomic E-state index is 12.1. The molecule has 112 valence electrons. The van der Waals surface area contributed by atoms with Crippen molar-refractivity contribution in [1.29, 1.82) is 0 Å². The van der Waals surface area contributed by atoms with Crippen LogP contribution in [0.25, 0.3) is 5.78 Å². The van der Waals surface area contributed by atoms with Crippen LogP contribution in [-0.2, 0) is 4.79 Å². The van der Waals surface area contributed by atoms with E-state index in [0.29, 0.717) is 11.5 Å². The summed E-state index contributed by atoms with van der Waals surface area (Å²) in [6, 6.07) is 0. The Hall–Kier alpha value is -2.55. The minimum Gasteiger partial charge on any atom is -0.481 e. The first-order valence-electron chi connectivity index (χ1n) is 6.18. The number of nitrogens with one attached hydrogen (secondary N) is 1. The molecule has 9 nitrogen and oxygen atoms in total. The zero-order valence-corrected chi connectivity index (χ0v) is 11.6. The van der Waals surface area contributed by atoms with Crippen molar-refractivity contribution in [1.82, 2.24) is 24.9 Å². The van der Waals surface area contributed by atoms with Crippen LogP contribution in [0.15, 0.2) is 12.5 Å². The van der Waals surface area contributed by atoms with Crippen molar-refractivity contribution in [2.45, 2.75) is 25.9 Å². The zero-order chi connectivity index (χ0) is 15.6. The number of hydrogen-bond donors (Lipinski definition) is 3. The molecule has 0 saturated heterocycles. The largest absolute Gasteiger partial charge is 0.481 e. The molecule has 2 rings (SSSR count). The fourth-order valence-electron chi connectivity index (χ4n) is 1.87. The maximum absolute atomic E-state index is 12.1. The standard InChI is InChI=1S/C12H15N5O4/c1-7-8(4-13-11-15-6-16-17(7)11)10(20)14-5-12(2,21)3-9(18)19/h4,6,21H,3,5H2,1-2H3,(H,14,20)(H,18,19). The highest BCUT2D eigenvalue weighted by Gasteiger charge is 2.25. The SMILES string of the molecule is Cc1c(C(=O)NCC(C)(O)CC(=O)O)cnc2ncnn12. The van der Waals surface area contributed by atoms with Gasteiger partial charge in [0.1, 0.15) is 6.33 Å². The van der Waals surface area contributed by atoms with Gasteiger partial charge in [-0.15, -0.1) is 0 Å². The van der Waals surface area contributed by atoms with Gasteiger partial charge in [0, 0.05) is 12.7 Å². The highest BCUT2D eigenvalue weighted by molar-refractivity contribution is 5.95. The highest BCUT2D eigenvalue weighted by atomic mass is 16.4. The van der Waals surface area contributed by atoms with E-state index in [4.69, 9.17) is 5.11 Å². The van der Waals surface area contributed by atoms with Gasteiger partial charge in [0.15, 0.2) is 0 Å². The van der Waals surface area contributed by atoms with Crippen LogP contribution in [-0.4, -0.2) is 53.8 Å². The third-order valence-electron chi connectivity index (χ3n) is 2.95. The van der Waals surface area contributed by atoms with Crippen molar-refractivity contribution in [3.8, 4) is 0 Å². The lowest BCUT2D eigenvalue weighted by atomic mass is 10.0. The van der Waals surface area contributed by atoms with Gasteiger partial charge in [-0.1, -0.05) is 0 Å². The lowest BCUT2D eigenvalue weighted by Gasteiger charge is -2.21. The number of rotatable bonds is 5. The van der Waals surface area contributed by atoms with E-state index in [0.717, 1.165) is 0 Å². The molecule has 0 aliphatic heterocycles. The number of fused-ring (bicyclic) bond motifs is 1. The van der Waals surface area contributed by atoms with E-state index in [1.165, 1.54) is 24.0 Å². The van der Waals surface area contributed by atoms with Gasteiger partial charge in [0.05, 0.1) is 23.3 Å². The molecule has 0 fully saturated rings. The number of hydrogen-bond acceptors (Lipinski definition) is 6. The van der Waals surface area contributed by atoms with E-state index in [9.17, 15) is 14.7 Å². The van der Waals surface area contributed by atoms with Crippen LogP contribution < -0.4 is 5.32 Å². The zero-order valence-electron chi connectivity index (χ0n) is 11.6. The van der Waals surface area contributed by atoms with E-state index >= 15 is 0 Å². The summed E-state index contributed by atoms with van der Waals surface area (Å²) in [5, 5.41) is 25.0. The summed E-state index contributed by atoms with van der Waals surface area (Å²) in [5.41, 5.74) is -0.702. The second-order valence-electron chi connectivity index (χ2n) is 4.98. The summed E-state index contributed by atoms with van der Waals surface area (Å²) in [4.78, 5) is 30.6. The molecule has 2 heterocycles. The first-order valence-corrected chi connectivity index (χ1v) is 6.18. The van der Waals surface area contributed by atoms with Gasteiger partial charge in [-0.3, -0.25) is 9.59 Å². The molecule has 9 heteroatoms. The Morgan fingerprint density at radius 1 is 1.43 bits per heavy atom. The Labute approximate surface area is 119 Å². The first kappa shape index (κ1) is 14.9. The lowest BCUT2D eigenvalue weighted by molar-refractivity contribution is -0.141. The van der Waals surface area contributed by atoms with E-state index < -0.39 is 23.9 Å². The van der Waals surface area contributed by atoms with Crippen LogP contribution in [0.4, 0.5) is 0 Å². The van der Waals surface area contributed by atoms with Gasteiger partial charge >= 0.3 is 5.97 Å². The van der Waals surface area contributed by atoms with Crippen LogP contribution in [0.1, 0.15) is 29.4 Å². The predicted molar refractivity (Wildman–Crippen MR) is 70.7 cm³/mol. The van der Waals surface area contributed by atoms with Crippen LogP contribution in [0.2, 0.25) is 0 Å². The molecular formula is C12H15N5O4. The van der Waals surface area contributed by atoms with Crippen molar-refractivity contribution in [3.05, 3.63) is 23.8 Å². The van der Waals surface area contributed by atoms with Crippen LogP contribution in [0.3, 0.4) is 0 Å². The molecule has 21 heavy (non-hydrogen) atoms. The Bertz CT molecular complexity index is 694. The van der Waals surface area contributed by atoms with E-state index in [1.807, 2.05) is 0 Å². The van der Waals surface area contributed by atoms with Crippen molar-refractivity contribution >= 4 is 17.7 Å². The fraction of sp³-hybridized carbons (Fsp3) is 0.417. The van der Waals surface area contributed by atoms with Gasteiger partial charge in [-0.2, -0.15) is 10.1 Å². The van der Waals surface area contributed by atoms with Crippen molar-refractivity contribution in [2.75, 3.05) is 6.54 Å². The number of aryl methyl sites for hydroxylation is 1. The number of aliphatic hydroxyl groups is 1. The Morgan fingerprint density at radius 2 is 2.14 bits per heavy atom. The smallest absolute Gasteiger partial charge is 0.306 e. The van der Waals surface area contributed by atoms with Gasteiger partial charge in [0.25, 0.3) is 11.7 Å². The van der Waals surface area contributed by atoms with E-state index in [1.54, 1.807) is 6.92 Å². The number of carboxylic acids is 1. The average Bonchev–Trinajstić information content (AvgIpc) is 2.84. The summed E-state index contributed by atoms with van der Waals surface area (Å²) in [6.45, 7) is 2.84. The van der Waals surface area contributed by atoms with E-state index in [-0.39, 0.29) is 12.1 Å². The lowest BCUT2D eigenvalue weighted by Crippen LogP contribution is -2.42. The maximum Gasteiger partial charge on any atom is 0.306 e. The van der Waals surface area contributed by atoms with Crippen molar-refractivity contribution < 1.29 is 19.8 Å². The van der Waals surface area contributed by atoms with Gasteiger partial charge in [0.2, 0.25) is 0 Å². The quantitative estimate of drug-likeness (QED) is 0.670. The monoisotopic (exact) mass is 293 g/mol. The third-order valence-corrected chi connectivity index (χ3v) is 2.95. The number of nitrogens with zero attached hydrogens (tertiary/aromatic N) is 4. The minimum absolute atomic E-state index is 0.188. The molecule has 1 atom stereocenters. The second-order valence-corrected chi connectivity index (χ2v) is 4.98. The molecule has 3 N–H and O–H groups in total. The average molecular weight is 293 g/mol. The Balaban J connectivity index is 2.12. The number of amides is 1. The molecule has 0 spiro atoms. The molecule has 0 bridgehead atoms. The molecular weight excluding hydrogens is 278 g/mol. The minimum atomic E-state index is -1.53. The van der Waals surface area contributed by atoms with Crippen LogP contribution in [0.5, 0.6) is 0 Å². The topological polar surface area (TPSA) is 130 Å². The normalized spacial score (nSPS) is 13.9. The molecule has 1 amide bonds. The van der Waals surface area contributed by atoms with Crippen LogP contribution in [0, 0.1) is 6.92 Å². The molecule has 1 unspecified atom stereocenters. The molecule has 0 aliphatic rings. The molecule has 0 aliphatic carbocycles. The number of aromatic nitrogens is 4. The number of carbonyl (C=O) groups is 2. The molecule has 0 radical (unpaired) electrons. The van der Waals surface area contributed by atoms with Gasteiger partial charge in [-0.25, -0.2) is 9.50 Å². The molecule has 0 saturated carbocycles. The summed E-state index contributed by atoms with van der Waals surface area (Å²) < 4.78 is 1.42. The molecule has 2 aromatic rings. The number of carbonyl (C=O) groups excluding carboxylic acids is 1. The van der Waals surface area contributed by atoms with E-state index in [2.05, 4.69) is 20.4 Å². The second kappa shape index (κ2) is 5.44.